The van der Waals surface area contributed by atoms with Gasteiger partial charge < -0.3 is 15.0 Å². The summed E-state index contributed by atoms with van der Waals surface area (Å²) in [6.45, 7) is 8.66. The highest BCUT2D eigenvalue weighted by Crippen LogP contribution is 2.22. The molecule has 18 heavy (non-hydrogen) atoms. The fraction of sp³-hybridized carbons (Fsp3) is 0.846. The highest BCUT2D eigenvalue weighted by atomic mass is 16.5. The normalized spacial score (nSPS) is 16.5. The maximum Gasteiger partial charge on any atom is 0.229 e. The molecular weight excluding hydrogens is 230 g/mol. The van der Waals surface area contributed by atoms with Crippen molar-refractivity contribution in [2.45, 2.75) is 65.0 Å². The summed E-state index contributed by atoms with van der Waals surface area (Å²) >= 11 is 0. The summed E-state index contributed by atoms with van der Waals surface area (Å²) in [5.41, 5.74) is 5.73. The number of aromatic nitrogens is 2. The lowest BCUT2D eigenvalue weighted by Crippen LogP contribution is -2.14. The molecule has 5 heteroatoms. The number of nitrogens with zero attached hydrogens (tertiary/aromatic N) is 2. The fourth-order valence-electron chi connectivity index (χ4n) is 1.81. The van der Waals surface area contributed by atoms with Gasteiger partial charge in [-0.1, -0.05) is 18.5 Å². The Morgan fingerprint density at radius 1 is 1.28 bits per heavy atom. The van der Waals surface area contributed by atoms with Crippen molar-refractivity contribution in [3.63, 3.8) is 0 Å². The van der Waals surface area contributed by atoms with Crippen molar-refractivity contribution in [2.75, 3.05) is 6.61 Å². The van der Waals surface area contributed by atoms with Crippen LogP contribution >= 0.6 is 0 Å². The summed E-state index contributed by atoms with van der Waals surface area (Å²) in [6.07, 6.45) is 3.02. The van der Waals surface area contributed by atoms with Crippen LogP contribution in [0.1, 0.15) is 70.7 Å². The summed E-state index contributed by atoms with van der Waals surface area (Å²) in [5, 5.41) is 3.96. The van der Waals surface area contributed by atoms with E-state index in [2.05, 4.69) is 17.1 Å². The lowest BCUT2D eigenvalue weighted by Gasteiger charge is -2.08. The third kappa shape index (κ3) is 4.74. The van der Waals surface area contributed by atoms with Crippen LogP contribution in [0.2, 0.25) is 0 Å². The zero-order valence-corrected chi connectivity index (χ0v) is 11.8. The molecule has 0 spiro atoms. The molecule has 1 aromatic heterocycles. The number of hydrogen-bond donors (Lipinski definition) is 1. The van der Waals surface area contributed by atoms with Crippen LogP contribution in [0.5, 0.6) is 0 Å². The SMILES string of the molecule is CCOC(C)c1noc(C(C)CCCC(C)N)n1. The molecule has 2 N–H and O–H groups in total. The largest absolute Gasteiger partial charge is 0.371 e. The van der Waals surface area contributed by atoms with Crippen molar-refractivity contribution in [2.24, 2.45) is 5.73 Å². The van der Waals surface area contributed by atoms with Crippen LogP contribution in [0.3, 0.4) is 0 Å². The van der Waals surface area contributed by atoms with Gasteiger partial charge in [-0.05, 0) is 33.6 Å². The summed E-state index contributed by atoms with van der Waals surface area (Å²) in [4.78, 5) is 4.39. The molecule has 5 nitrogen and oxygen atoms in total. The number of nitrogens with two attached hydrogens (primary N) is 1. The van der Waals surface area contributed by atoms with E-state index in [4.69, 9.17) is 15.0 Å². The van der Waals surface area contributed by atoms with Crippen molar-refractivity contribution < 1.29 is 9.26 Å². The molecule has 0 fully saturated rings. The average molecular weight is 255 g/mol. The molecule has 0 aliphatic carbocycles. The number of ether oxygens (including phenoxy) is 1. The van der Waals surface area contributed by atoms with Crippen molar-refractivity contribution >= 4 is 0 Å². The molecular formula is C13H25N3O2. The average Bonchev–Trinajstić information content (AvgIpc) is 2.78. The fourth-order valence-corrected chi connectivity index (χ4v) is 1.81. The van der Waals surface area contributed by atoms with E-state index in [9.17, 15) is 0 Å². The molecule has 104 valence electrons. The Morgan fingerprint density at radius 2 is 2.00 bits per heavy atom. The number of rotatable bonds is 8. The van der Waals surface area contributed by atoms with E-state index in [1.165, 1.54) is 0 Å². The van der Waals surface area contributed by atoms with Gasteiger partial charge in [-0.2, -0.15) is 4.98 Å². The zero-order valence-electron chi connectivity index (χ0n) is 11.8. The first-order chi connectivity index (χ1) is 8.54. The zero-order chi connectivity index (χ0) is 13.5. The Morgan fingerprint density at radius 3 is 2.61 bits per heavy atom. The lowest BCUT2D eigenvalue weighted by atomic mass is 10.0. The van der Waals surface area contributed by atoms with Crippen molar-refractivity contribution in [1.82, 2.24) is 10.1 Å². The summed E-state index contributed by atoms with van der Waals surface area (Å²) in [5.74, 6) is 1.60. The van der Waals surface area contributed by atoms with Crippen molar-refractivity contribution in [3.05, 3.63) is 11.7 Å². The molecule has 3 atom stereocenters. The van der Waals surface area contributed by atoms with E-state index in [-0.39, 0.29) is 18.1 Å². The van der Waals surface area contributed by atoms with Gasteiger partial charge in [-0.25, -0.2) is 0 Å². The van der Waals surface area contributed by atoms with Crippen LogP contribution in [-0.2, 0) is 4.74 Å². The van der Waals surface area contributed by atoms with E-state index < -0.39 is 0 Å². The molecule has 1 aromatic rings. The van der Waals surface area contributed by atoms with Gasteiger partial charge in [-0.15, -0.1) is 0 Å². The monoisotopic (exact) mass is 255 g/mol. The summed E-state index contributed by atoms with van der Waals surface area (Å²) in [6, 6.07) is 0.258. The molecule has 0 radical (unpaired) electrons. The highest BCUT2D eigenvalue weighted by Gasteiger charge is 2.17. The standard InChI is InChI=1S/C13H25N3O2/c1-5-17-11(4)12-15-13(18-16-12)9(2)7-6-8-10(3)14/h9-11H,5-8,14H2,1-4H3. The highest BCUT2D eigenvalue weighted by molar-refractivity contribution is 4.94. The minimum atomic E-state index is -0.108. The third-order valence-electron chi connectivity index (χ3n) is 2.96. The first-order valence-electron chi connectivity index (χ1n) is 6.75. The third-order valence-corrected chi connectivity index (χ3v) is 2.96. The van der Waals surface area contributed by atoms with Gasteiger partial charge in [0, 0.05) is 18.6 Å². The van der Waals surface area contributed by atoms with E-state index in [1.54, 1.807) is 0 Å². The maximum absolute atomic E-state index is 5.73. The number of hydrogen-bond acceptors (Lipinski definition) is 5. The van der Waals surface area contributed by atoms with Gasteiger partial charge in [0.15, 0.2) is 5.82 Å². The van der Waals surface area contributed by atoms with E-state index in [0.717, 1.165) is 19.3 Å². The van der Waals surface area contributed by atoms with Gasteiger partial charge in [0.25, 0.3) is 0 Å². The molecule has 1 heterocycles. The Bertz CT molecular complexity index is 339. The second-order valence-electron chi connectivity index (χ2n) is 4.90. The van der Waals surface area contributed by atoms with Crippen LogP contribution in [-0.4, -0.2) is 22.8 Å². The molecule has 0 amide bonds. The molecule has 0 bridgehead atoms. The molecule has 0 aliphatic heterocycles. The van der Waals surface area contributed by atoms with Crippen LogP contribution in [0.15, 0.2) is 4.52 Å². The second kappa shape index (κ2) is 7.48. The second-order valence-corrected chi connectivity index (χ2v) is 4.90. The minimum absolute atomic E-state index is 0.108. The molecule has 0 aliphatic rings. The Hall–Kier alpha value is -0.940. The van der Waals surface area contributed by atoms with Gasteiger partial charge >= 0.3 is 0 Å². The van der Waals surface area contributed by atoms with Crippen LogP contribution < -0.4 is 5.73 Å². The van der Waals surface area contributed by atoms with Crippen LogP contribution in [0.25, 0.3) is 0 Å². The van der Waals surface area contributed by atoms with Crippen molar-refractivity contribution in [3.8, 4) is 0 Å². The maximum atomic E-state index is 5.73. The van der Waals surface area contributed by atoms with Gasteiger partial charge in [0.05, 0.1) is 0 Å². The molecule has 0 aromatic carbocycles. The predicted octanol–water partition coefficient (Wildman–Crippen LogP) is 2.79. The summed E-state index contributed by atoms with van der Waals surface area (Å²) in [7, 11) is 0. The molecule has 1 rings (SSSR count). The quantitative estimate of drug-likeness (QED) is 0.773. The lowest BCUT2D eigenvalue weighted by molar-refractivity contribution is 0.0683. The minimum Gasteiger partial charge on any atom is -0.371 e. The van der Waals surface area contributed by atoms with E-state index in [0.29, 0.717) is 18.3 Å². The topological polar surface area (TPSA) is 74.2 Å². The summed E-state index contributed by atoms with van der Waals surface area (Å²) < 4.78 is 10.7. The van der Waals surface area contributed by atoms with Gasteiger partial charge in [0.2, 0.25) is 5.89 Å². The smallest absolute Gasteiger partial charge is 0.229 e. The Kier molecular flexibility index (Phi) is 6.29. The predicted molar refractivity (Wildman–Crippen MR) is 70.3 cm³/mol. The van der Waals surface area contributed by atoms with E-state index in [1.807, 2.05) is 20.8 Å². The van der Waals surface area contributed by atoms with Crippen molar-refractivity contribution in [1.29, 1.82) is 0 Å². The molecule has 0 saturated carbocycles. The molecule has 3 unspecified atom stereocenters. The van der Waals surface area contributed by atoms with Gasteiger partial charge in [-0.3, -0.25) is 0 Å². The Balaban J connectivity index is 2.46. The van der Waals surface area contributed by atoms with E-state index >= 15 is 0 Å². The van der Waals surface area contributed by atoms with Gasteiger partial charge in [0.1, 0.15) is 6.10 Å². The van der Waals surface area contributed by atoms with Crippen LogP contribution in [0, 0.1) is 0 Å². The Labute approximate surface area is 109 Å². The first-order valence-corrected chi connectivity index (χ1v) is 6.75. The first kappa shape index (κ1) is 15.1. The molecule has 0 saturated heterocycles. The van der Waals surface area contributed by atoms with Crippen LogP contribution in [0.4, 0.5) is 0 Å².